The Labute approximate surface area is 116 Å². The smallest absolute Gasteiger partial charge is 0.165 e. The van der Waals surface area contributed by atoms with Gasteiger partial charge >= 0.3 is 0 Å². The van der Waals surface area contributed by atoms with E-state index in [1.165, 1.54) is 11.3 Å². The van der Waals surface area contributed by atoms with Gasteiger partial charge in [-0.05, 0) is 17.4 Å². The summed E-state index contributed by atoms with van der Waals surface area (Å²) in [6, 6.07) is 2.26. The SMILES string of the molecule is CC(C)Sc1sc(C#N)c2c1C(=O)CC(C)(C)C2. The van der Waals surface area contributed by atoms with Crippen LogP contribution in [0.2, 0.25) is 0 Å². The molecule has 0 fully saturated rings. The molecule has 0 atom stereocenters. The lowest BCUT2D eigenvalue weighted by Crippen LogP contribution is -2.26. The Morgan fingerprint density at radius 2 is 2.06 bits per heavy atom. The van der Waals surface area contributed by atoms with Gasteiger partial charge in [0.2, 0.25) is 0 Å². The van der Waals surface area contributed by atoms with E-state index in [0.29, 0.717) is 11.7 Å². The van der Waals surface area contributed by atoms with Gasteiger partial charge in [0.25, 0.3) is 0 Å². The highest BCUT2D eigenvalue weighted by molar-refractivity contribution is 8.01. The molecule has 2 rings (SSSR count). The summed E-state index contributed by atoms with van der Waals surface area (Å²) in [6.45, 7) is 8.42. The van der Waals surface area contributed by atoms with E-state index in [9.17, 15) is 10.1 Å². The van der Waals surface area contributed by atoms with Gasteiger partial charge in [-0.3, -0.25) is 4.79 Å². The van der Waals surface area contributed by atoms with Crippen molar-refractivity contribution in [3.63, 3.8) is 0 Å². The number of hydrogen-bond donors (Lipinski definition) is 0. The van der Waals surface area contributed by atoms with E-state index >= 15 is 0 Å². The highest BCUT2D eigenvalue weighted by atomic mass is 32.2. The van der Waals surface area contributed by atoms with E-state index in [2.05, 4.69) is 33.8 Å². The minimum Gasteiger partial charge on any atom is -0.294 e. The molecule has 0 radical (unpaired) electrons. The molecule has 0 amide bonds. The first kappa shape index (κ1) is 13.6. The van der Waals surface area contributed by atoms with Crippen molar-refractivity contribution in [2.24, 2.45) is 5.41 Å². The maximum Gasteiger partial charge on any atom is 0.165 e. The summed E-state index contributed by atoms with van der Waals surface area (Å²) in [6.07, 6.45) is 1.43. The number of Topliss-reactive ketones (excluding diaryl/α,β-unsaturated/α-hetero) is 1. The molecule has 1 aromatic rings. The van der Waals surface area contributed by atoms with Gasteiger partial charge in [-0.25, -0.2) is 0 Å². The van der Waals surface area contributed by atoms with Crippen molar-refractivity contribution >= 4 is 28.9 Å². The number of rotatable bonds is 2. The van der Waals surface area contributed by atoms with Crippen molar-refractivity contribution in [1.82, 2.24) is 0 Å². The molecule has 0 bridgehead atoms. The van der Waals surface area contributed by atoms with Gasteiger partial charge in [-0.1, -0.05) is 27.7 Å². The fraction of sp³-hybridized carbons (Fsp3) is 0.571. The van der Waals surface area contributed by atoms with Crippen LogP contribution in [-0.4, -0.2) is 11.0 Å². The van der Waals surface area contributed by atoms with Crippen molar-refractivity contribution in [2.45, 2.75) is 50.0 Å². The van der Waals surface area contributed by atoms with Gasteiger partial charge in [0, 0.05) is 17.2 Å². The Morgan fingerprint density at radius 3 is 2.61 bits per heavy atom. The predicted octanol–water partition coefficient (Wildman–Crippen LogP) is 4.28. The summed E-state index contributed by atoms with van der Waals surface area (Å²) in [5, 5.41) is 9.67. The second kappa shape index (κ2) is 4.71. The number of hydrogen-bond acceptors (Lipinski definition) is 4. The molecule has 1 heterocycles. The van der Waals surface area contributed by atoms with Gasteiger partial charge in [0.05, 0.1) is 4.21 Å². The van der Waals surface area contributed by atoms with Crippen LogP contribution in [0.25, 0.3) is 0 Å². The van der Waals surface area contributed by atoms with Crippen molar-refractivity contribution in [3.8, 4) is 6.07 Å². The van der Waals surface area contributed by atoms with Crippen molar-refractivity contribution in [2.75, 3.05) is 0 Å². The quantitative estimate of drug-likeness (QED) is 0.759. The number of thioether (sulfide) groups is 1. The maximum atomic E-state index is 12.3. The first-order valence-electron chi connectivity index (χ1n) is 6.09. The van der Waals surface area contributed by atoms with E-state index in [1.807, 2.05) is 0 Å². The van der Waals surface area contributed by atoms with Crippen molar-refractivity contribution in [3.05, 3.63) is 16.0 Å². The van der Waals surface area contributed by atoms with E-state index in [-0.39, 0.29) is 11.2 Å². The maximum absolute atomic E-state index is 12.3. The number of carbonyl (C=O) groups is 1. The van der Waals surface area contributed by atoms with Gasteiger partial charge < -0.3 is 0 Å². The fourth-order valence-corrected chi connectivity index (χ4v) is 5.01. The number of fused-ring (bicyclic) bond motifs is 1. The molecule has 1 aliphatic carbocycles. The molecule has 0 aromatic carbocycles. The van der Waals surface area contributed by atoms with Crippen LogP contribution in [0.4, 0.5) is 0 Å². The first-order valence-corrected chi connectivity index (χ1v) is 7.79. The molecule has 0 unspecified atom stereocenters. The molecule has 4 heteroatoms. The zero-order valence-corrected chi connectivity index (χ0v) is 12.8. The molecular formula is C14H17NOS2. The lowest BCUT2D eigenvalue weighted by molar-refractivity contribution is 0.0910. The summed E-state index contributed by atoms with van der Waals surface area (Å²) >= 11 is 3.19. The van der Waals surface area contributed by atoms with Gasteiger partial charge in [0.15, 0.2) is 5.78 Å². The lowest BCUT2D eigenvalue weighted by Gasteiger charge is -2.29. The second-order valence-electron chi connectivity index (χ2n) is 5.79. The Balaban J connectivity index is 2.54. The highest BCUT2D eigenvalue weighted by Crippen LogP contribution is 2.45. The first-order chi connectivity index (χ1) is 8.34. The van der Waals surface area contributed by atoms with Crippen LogP contribution in [0, 0.1) is 16.7 Å². The van der Waals surface area contributed by atoms with Crippen LogP contribution in [0.5, 0.6) is 0 Å². The molecule has 0 spiro atoms. The minimum absolute atomic E-state index is 0.0173. The number of nitrogens with zero attached hydrogens (tertiary/aromatic N) is 1. The average molecular weight is 279 g/mol. The predicted molar refractivity (Wildman–Crippen MR) is 76.5 cm³/mol. The van der Waals surface area contributed by atoms with Crippen LogP contribution in [-0.2, 0) is 6.42 Å². The Kier molecular flexibility index (Phi) is 3.57. The average Bonchev–Trinajstić information content (AvgIpc) is 2.53. The molecule has 0 saturated carbocycles. The number of nitriles is 1. The summed E-state index contributed by atoms with van der Waals surface area (Å²) in [5.41, 5.74) is 1.82. The molecular weight excluding hydrogens is 262 g/mol. The summed E-state index contributed by atoms with van der Waals surface area (Å²) in [5.74, 6) is 0.210. The standard InChI is InChI=1S/C14H17NOS2/c1-8(2)17-13-12-9(11(7-15)18-13)5-14(3,4)6-10(12)16/h8H,5-6H2,1-4H3. The van der Waals surface area contributed by atoms with E-state index in [4.69, 9.17) is 0 Å². The van der Waals surface area contributed by atoms with Gasteiger partial charge in [0.1, 0.15) is 10.9 Å². The van der Waals surface area contributed by atoms with Crippen LogP contribution in [0.15, 0.2) is 4.21 Å². The minimum atomic E-state index is -0.0173. The molecule has 1 aliphatic rings. The number of thiophene rings is 1. The second-order valence-corrected chi connectivity index (χ2v) is 8.66. The third kappa shape index (κ3) is 2.48. The zero-order valence-electron chi connectivity index (χ0n) is 11.2. The van der Waals surface area contributed by atoms with Crippen molar-refractivity contribution in [1.29, 1.82) is 5.26 Å². The third-order valence-corrected chi connectivity index (χ3v) is 5.35. The third-order valence-electron chi connectivity index (χ3n) is 2.99. The summed E-state index contributed by atoms with van der Waals surface area (Å²) in [4.78, 5) is 13.0. The van der Waals surface area contributed by atoms with E-state index in [0.717, 1.165) is 26.6 Å². The van der Waals surface area contributed by atoms with E-state index < -0.39 is 0 Å². The molecule has 2 nitrogen and oxygen atoms in total. The van der Waals surface area contributed by atoms with Crippen LogP contribution >= 0.6 is 23.1 Å². The zero-order chi connectivity index (χ0) is 13.5. The van der Waals surface area contributed by atoms with Gasteiger partial charge in [-0.2, -0.15) is 5.26 Å². The lowest BCUT2D eigenvalue weighted by atomic mass is 9.74. The molecule has 96 valence electrons. The highest BCUT2D eigenvalue weighted by Gasteiger charge is 2.36. The van der Waals surface area contributed by atoms with E-state index in [1.54, 1.807) is 11.8 Å². The largest absolute Gasteiger partial charge is 0.294 e. The number of ketones is 1. The molecule has 0 aliphatic heterocycles. The normalized spacial score (nSPS) is 17.7. The summed E-state index contributed by atoms with van der Waals surface area (Å²) in [7, 11) is 0. The van der Waals surface area contributed by atoms with Crippen LogP contribution in [0.1, 0.15) is 54.9 Å². The monoisotopic (exact) mass is 279 g/mol. The Hall–Kier alpha value is -0.790. The molecule has 0 N–H and O–H groups in total. The molecule has 18 heavy (non-hydrogen) atoms. The number of carbonyl (C=O) groups excluding carboxylic acids is 1. The van der Waals surface area contributed by atoms with Crippen LogP contribution < -0.4 is 0 Å². The van der Waals surface area contributed by atoms with Crippen LogP contribution in [0.3, 0.4) is 0 Å². The Bertz CT molecular complexity index is 535. The topological polar surface area (TPSA) is 40.9 Å². The summed E-state index contributed by atoms with van der Waals surface area (Å²) < 4.78 is 1.04. The molecule has 1 aromatic heterocycles. The van der Waals surface area contributed by atoms with Gasteiger partial charge in [-0.15, -0.1) is 23.1 Å². The Morgan fingerprint density at radius 1 is 1.39 bits per heavy atom. The molecule has 0 saturated heterocycles. The fourth-order valence-electron chi connectivity index (χ4n) is 2.34. The van der Waals surface area contributed by atoms with Crippen molar-refractivity contribution < 1.29 is 4.79 Å².